The molecule has 1 saturated heterocycles. The summed E-state index contributed by atoms with van der Waals surface area (Å²) in [4.78, 5) is 2.63. The fraction of sp³-hybridized carbons (Fsp3) is 1.00. The smallest absolute Gasteiger partial charge is 0.0604 e. The molecule has 1 aliphatic carbocycles. The van der Waals surface area contributed by atoms with Crippen molar-refractivity contribution in [1.82, 2.24) is 10.2 Å². The number of ether oxygens (including phenoxy) is 1. The first-order valence-electron chi connectivity index (χ1n) is 7.91. The maximum Gasteiger partial charge on any atom is 0.0604 e. The Labute approximate surface area is 112 Å². The molecular formula is C15H30N2O. The molecule has 0 aromatic heterocycles. The third-order valence-electron chi connectivity index (χ3n) is 4.38. The van der Waals surface area contributed by atoms with Gasteiger partial charge in [-0.2, -0.15) is 0 Å². The molecule has 1 heterocycles. The normalized spacial score (nSPS) is 30.3. The highest BCUT2D eigenvalue weighted by Crippen LogP contribution is 2.25. The molecule has 2 aliphatic rings. The molecule has 1 saturated carbocycles. The third kappa shape index (κ3) is 4.22. The Balaban J connectivity index is 1.54. The van der Waals surface area contributed by atoms with Gasteiger partial charge in [0.1, 0.15) is 0 Å². The van der Waals surface area contributed by atoms with Gasteiger partial charge in [-0.15, -0.1) is 0 Å². The Morgan fingerprint density at radius 3 is 2.44 bits per heavy atom. The zero-order valence-corrected chi connectivity index (χ0v) is 12.2. The van der Waals surface area contributed by atoms with Crippen molar-refractivity contribution in [2.75, 3.05) is 26.2 Å². The molecule has 0 aromatic rings. The molecule has 0 amide bonds. The number of likely N-dealkylation sites (tertiary alicyclic amines) is 1. The molecule has 18 heavy (non-hydrogen) atoms. The summed E-state index contributed by atoms with van der Waals surface area (Å²) in [5, 5.41) is 3.81. The number of rotatable bonds is 7. The van der Waals surface area contributed by atoms with Crippen LogP contribution in [0.15, 0.2) is 0 Å². The molecule has 1 aliphatic heterocycles. The summed E-state index contributed by atoms with van der Waals surface area (Å²) in [5.41, 5.74) is 0. The van der Waals surface area contributed by atoms with Gasteiger partial charge in [0.05, 0.1) is 6.10 Å². The van der Waals surface area contributed by atoms with Crippen molar-refractivity contribution < 1.29 is 4.74 Å². The van der Waals surface area contributed by atoms with Gasteiger partial charge in [-0.1, -0.05) is 13.3 Å². The Morgan fingerprint density at radius 1 is 1.11 bits per heavy atom. The van der Waals surface area contributed by atoms with Gasteiger partial charge in [0, 0.05) is 18.7 Å². The quantitative estimate of drug-likeness (QED) is 0.755. The molecule has 0 bridgehead atoms. The van der Waals surface area contributed by atoms with Gasteiger partial charge in [-0.3, -0.25) is 0 Å². The highest BCUT2D eigenvalue weighted by atomic mass is 16.5. The first kappa shape index (κ1) is 14.3. The minimum absolute atomic E-state index is 0.539. The molecule has 106 valence electrons. The molecular weight excluding hydrogens is 224 g/mol. The van der Waals surface area contributed by atoms with E-state index in [4.69, 9.17) is 4.74 Å². The van der Waals surface area contributed by atoms with Crippen molar-refractivity contribution in [3.63, 3.8) is 0 Å². The summed E-state index contributed by atoms with van der Waals surface area (Å²) >= 11 is 0. The van der Waals surface area contributed by atoms with Gasteiger partial charge in [0.2, 0.25) is 0 Å². The van der Waals surface area contributed by atoms with E-state index in [9.17, 15) is 0 Å². The van der Waals surface area contributed by atoms with Crippen molar-refractivity contribution >= 4 is 0 Å². The average molecular weight is 254 g/mol. The van der Waals surface area contributed by atoms with E-state index in [0.29, 0.717) is 6.10 Å². The van der Waals surface area contributed by atoms with Crippen LogP contribution in [0.1, 0.15) is 52.4 Å². The summed E-state index contributed by atoms with van der Waals surface area (Å²) in [6.45, 7) is 9.12. The number of hydrogen-bond acceptors (Lipinski definition) is 3. The third-order valence-corrected chi connectivity index (χ3v) is 4.38. The standard InChI is InChI=1S/C15H30N2O/c1-3-5-8-17-9-6-13(7-10-17)16-14-11-15(12-14)18-4-2/h13-16H,3-12H2,1-2H3. The molecule has 0 unspecified atom stereocenters. The van der Waals surface area contributed by atoms with E-state index in [1.165, 1.54) is 58.2 Å². The lowest BCUT2D eigenvalue weighted by molar-refractivity contribution is -0.0142. The van der Waals surface area contributed by atoms with Crippen LogP contribution in [0, 0.1) is 0 Å². The second-order valence-electron chi connectivity index (χ2n) is 5.88. The summed E-state index contributed by atoms with van der Waals surface area (Å²) < 4.78 is 5.61. The van der Waals surface area contributed by atoms with Crippen LogP contribution < -0.4 is 5.32 Å². The highest BCUT2D eigenvalue weighted by Gasteiger charge is 2.31. The van der Waals surface area contributed by atoms with Crippen molar-refractivity contribution in [2.24, 2.45) is 0 Å². The van der Waals surface area contributed by atoms with Crippen molar-refractivity contribution in [3.05, 3.63) is 0 Å². The van der Waals surface area contributed by atoms with Gasteiger partial charge in [0.25, 0.3) is 0 Å². The Morgan fingerprint density at radius 2 is 1.83 bits per heavy atom. The fourth-order valence-corrected chi connectivity index (χ4v) is 3.11. The van der Waals surface area contributed by atoms with Crippen molar-refractivity contribution in [3.8, 4) is 0 Å². The maximum atomic E-state index is 5.61. The van der Waals surface area contributed by atoms with E-state index in [2.05, 4.69) is 24.1 Å². The zero-order valence-electron chi connectivity index (χ0n) is 12.2. The topological polar surface area (TPSA) is 24.5 Å². The first-order valence-corrected chi connectivity index (χ1v) is 7.91. The van der Waals surface area contributed by atoms with Crippen LogP contribution in [0.3, 0.4) is 0 Å². The van der Waals surface area contributed by atoms with Crippen LogP contribution in [-0.4, -0.2) is 49.3 Å². The van der Waals surface area contributed by atoms with Gasteiger partial charge >= 0.3 is 0 Å². The molecule has 1 N–H and O–H groups in total. The lowest BCUT2D eigenvalue weighted by Crippen LogP contribution is -2.52. The highest BCUT2D eigenvalue weighted by molar-refractivity contribution is 4.89. The predicted octanol–water partition coefficient (Wildman–Crippen LogP) is 2.41. The van der Waals surface area contributed by atoms with E-state index < -0.39 is 0 Å². The second-order valence-corrected chi connectivity index (χ2v) is 5.88. The number of hydrogen-bond donors (Lipinski definition) is 1. The minimum Gasteiger partial charge on any atom is -0.378 e. The minimum atomic E-state index is 0.539. The SMILES string of the molecule is CCCCN1CCC(NC2CC(OCC)C2)CC1. The molecule has 3 nitrogen and oxygen atoms in total. The molecule has 0 atom stereocenters. The zero-order chi connectivity index (χ0) is 12.8. The van der Waals surface area contributed by atoms with Crippen LogP contribution in [0.5, 0.6) is 0 Å². The predicted molar refractivity (Wildman–Crippen MR) is 75.9 cm³/mol. The summed E-state index contributed by atoms with van der Waals surface area (Å²) in [5.74, 6) is 0. The van der Waals surface area contributed by atoms with E-state index in [0.717, 1.165) is 18.7 Å². The molecule has 2 fully saturated rings. The van der Waals surface area contributed by atoms with Crippen LogP contribution in [0.4, 0.5) is 0 Å². The Hall–Kier alpha value is -0.120. The maximum absolute atomic E-state index is 5.61. The van der Waals surface area contributed by atoms with E-state index in [1.807, 2.05) is 0 Å². The number of nitrogens with zero attached hydrogens (tertiary/aromatic N) is 1. The monoisotopic (exact) mass is 254 g/mol. The Kier molecular flexibility index (Phi) is 5.93. The van der Waals surface area contributed by atoms with Crippen LogP contribution in [0.25, 0.3) is 0 Å². The fourth-order valence-electron chi connectivity index (χ4n) is 3.11. The van der Waals surface area contributed by atoms with Crippen molar-refractivity contribution in [2.45, 2.75) is 70.6 Å². The van der Waals surface area contributed by atoms with Gasteiger partial charge in [-0.25, -0.2) is 0 Å². The number of piperidine rings is 1. The van der Waals surface area contributed by atoms with E-state index in [1.54, 1.807) is 0 Å². The second kappa shape index (κ2) is 7.46. The summed E-state index contributed by atoms with van der Waals surface area (Å²) in [6, 6.07) is 1.49. The summed E-state index contributed by atoms with van der Waals surface area (Å²) in [6.07, 6.45) is 8.33. The molecule has 0 aromatic carbocycles. The molecule has 2 rings (SSSR count). The van der Waals surface area contributed by atoms with E-state index >= 15 is 0 Å². The van der Waals surface area contributed by atoms with Crippen LogP contribution in [0.2, 0.25) is 0 Å². The molecule has 0 spiro atoms. The number of nitrogens with one attached hydrogen (secondary N) is 1. The summed E-state index contributed by atoms with van der Waals surface area (Å²) in [7, 11) is 0. The number of unbranched alkanes of at least 4 members (excludes halogenated alkanes) is 1. The van der Waals surface area contributed by atoms with Gasteiger partial charge in [-0.05, 0) is 58.7 Å². The molecule has 3 heteroatoms. The lowest BCUT2D eigenvalue weighted by atomic mass is 9.87. The average Bonchev–Trinajstić information content (AvgIpc) is 2.35. The van der Waals surface area contributed by atoms with E-state index in [-0.39, 0.29) is 0 Å². The van der Waals surface area contributed by atoms with Gasteiger partial charge in [0.15, 0.2) is 0 Å². The van der Waals surface area contributed by atoms with Gasteiger partial charge < -0.3 is 15.0 Å². The first-order chi connectivity index (χ1) is 8.81. The van der Waals surface area contributed by atoms with Crippen LogP contribution >= 0.6 is 0 Å². The Bertz CT molecular complexity index is 221. The largest absolute Gasteiger partial charge is 0.378 e. The molecule has 0 radical (unpaired) electrons. The lowest BCUT2D eigenvalue weighted by Gasteiger charge is -2.40. The van der Waals surface area contributed by atoms with Crippen LogP contribution in [-0.2, 0) is 4.74 Å². The van der Waals surface area contributed by atoms with Crippen molar-refractivity contribution in [1.29, 1.82) is 0 Å².